The molecule has 0 saturated carbocycles. The SMILES string of the molecule is CC[C@@H](CO)N1C(=O)[C@@H]2[C@@H]3C(=O)OCCC/C=C\[C@@H]3O[C@@]23C=CCN(c2ccc(N(CC)CC)cc2)C(=O)C13. The Balaban J connectivity index is 1.58. The highest BCUT2D eigenvalue weighted by atomic mass is 16.6. The van der Waals surface area contributed by atoms with Crippen LogP contribution in [0.1, 0.15) is 40.0 Å². The maximum Gasteiger partial charge on any atom is 0.312 e. The van der Waals surface area contributed by atoms with Gasteiger partial charge < -0.3 is 29.3 Å². The summed E-state index contributed by atoms with van der Waals surface area (Å²) in [6, 6.07) is 6.24. The number of carbonyl (C=O) groups excluding carboxylic acids is 3. The Morgan fingerprint density at radius 1 is 1.08 bits per heavy atom. The molecule has 1 aromatic rings. The highest BCUT2D eigenvalue weighted by molar-refractivity contribution is 6.05. The molecule has 1 spiro atoms. The molecule has 0 aromatic heterocycles. The average Bonchev–Trinajstić information content (AvgIpc) is 3.36. The zero-order valence-electron chi connectivity index (χ0n) is 23.0. The number of aliphatic hydroxyl groups excluding tert-OH is 1. The third kappa shape index (κ3) is 4.45. The number of hydrogen-bond donors (Lipinski definition) is 1. The highest BCUT2D eigenvalue weighted by Gasteiger charge is 2.72. The van der Waals surface area contributed by atoms with Crippen LogP contribution in [0.2, 0.25) is 0 Å². The standard InChI is InChI=1S/C30H39N3O6/c1-4-20(19-34)33-26-28(36)32(22-14-12-21(13-15-22)31(5-2)6-3)17-10-16-30(26)25(27(33)35)24-23(39-30)11-8-7-9-18-38-29(24)37/h8,10-16,20,23-26,34H,4-7,9,17-19H2,1-3H3/b11-8-/t20-,23-,24+,25-,26?,30-/m0/s1. The largest absolute Gasteiger partial charge is 0.465 e. The number of amides is 2. The maximum absolute atomic E-state index is 14.5. The van der Waals surface area contributed by atoms with Gasteiger partial charge in [-0.1, -0.05) is 31.2 Å². The molecule has 1 unspecified atom stereocenters. The number of benzene rings is 1. The minimum absolute atomic E-state index is 0.272. The van der Waals surface area contributed by atoms with Gasteiger partial charge in [0.05, 0.1) is 31.3 Å². The predicted octanol–water partition coefficient (Wildman–Crippen LogP) is 2.68. The van der Waals surface area contributed by atoms with Crippen molar-refractivity contribution in [2.45, 2.75) is 63.8 Å². The van der Waals surface area contributed by atoms with Crippen LogP contribution in [0.5, 0.6) is 0 Å². The predicted molar refractivity (Wildman–Crippen MR) is 147 cm³/mol. The first-order chi connectivity index (χ1) is 18.9. The monoisotopic (exact) mass is 537 g/mol. The molecule has 2 saturated heterocycles. The van der Waals surface area contributed by atoms with Crippen molar-refractivity contribution in [3.8, 4) is 0 Å². The molecule has 2 fully saturated rings. The first-order valence-corrected chi connectivity index (χ1v) is 14.2. The van der Waals surface area contributed by atoms with E-state index in [1.54, 1.807) is 4.90 Å². The van der Waals surface area contributed by atoms with Crippen molar-refractivity contribution < 1.29 is 29.0 Å². The van der Waals surface area contributed by atoms with Gasteiger partial charge in [0, 0.05) is 31.0 Å². The van der Waals surface area contributed by atoms with Gasteiger partial charge in [-0.2, -0.15) is 0 Å². The fourth-order valence-corrected chi connectivity index (χ4v) is 6.66. The second kappa shape index (κ2) is 11.1. The van der Waals surface area contributed by atoms with Gasteiger partial charge in [0.1, 0.15) is 17.6 Å². The lowest BCUT2D eigenvalue weighted by molar-refractivity contribution is -0.155. The van der Waals surface area contributed by atoms with Crippen molar-refractivity contribution in [1.29, 1.82) is 0 Å². The summed E-state index contributed by atoms with van der Waals surface area (Å²) >= 11 is 0. The lowest BCUT2D eigenvalue weighted by Gasteiger charge is -2.38. The van der Waals surface area contributed by atoms with Gasteiger partial charge in [-0.05, 0) is 57.4 Å². The van der Waals surface area contributed by atoms with Crippen molar-refractivity contribution in [3.05, 3.63) is 48.6 Å². The summed E-state index contributed by atoms with van der Waals surface area (Å²) in [5, 5.41) is 10.2. The molecular weight excluding hydrogens is 498 g/mol. The molecule has 39 heavy (non-hydrogen) atoms. The van der Waals surface area contributed by atoms with Crippen molar-refractivity contribution in [2.24, 2.45) is 11.8 Å². The molecule has 0 radical (unpaired) electrons. The summed E-state index contributed by atoms with van der Waals surface area (Å²) in [4.78, 5) is 47.3. The number of fused-ring (bicyclic) bond motifs is 2. The van der Waals surface area contributed by atoms with Gasteiger partial charge in [0.15, 0.2) is 0 Å². The van der Waals surface area contributed by atoms with Gasteiger partial charge >= 0.3 is 5.97 Å². The summed E-state index contributed by atoms with van der Waals surface area (Å²) in [5.74, 6) is -2.91. The Labute approximate surface area is 230 Å². The number of carbonyl (C=O) groups is 3. The summed E-state index contributed by atoms with van der Waals surface area (Å²) in [7, 11) is 0. The fourth-order valence-electron chi connectivity index (χ4n) is 6.66. The van der Waals surface area contributed by atoms with Crippen LogP contribution in [0.3, 0.4) is 0 Å². The molecule has 6 atom stereocenters. The molecule has 4 heterocycles. The van der Waals surface area contributed by atoms with E-state index in [1.807, 2.05) is 55.5 Å². The van der Waals surface area contributed by atoms with E-state index in [4.69, 9.17) is 9.47 Å². The number of anilines is 2. The van der Waals surface area contributed by atoms with Gasteiger partial charge in [-0.25, -0.2) is 0 Å². The first kappa shape index (κ1) is 27.4. The van der Waals surface area contributed by atoms with Gasteiger partial charge in [0.2, 0.25) is 5.91 Å². The Morgan fingerprint density at radius 3 is 2.49 bits per heavy atom. The molecule has 5 rings (SSSR count). The summed E-state index contributed by atoms with van der Waals surface area (Å²) in [5.41, 5.74) is 0.439. The Hall–Kier alpha value is -3.17. The Bertz CT molecular complexity index is 1140. The number of ether oxygens (including phenoxy) is 2. The number of aliphatic hydroxyl groups is 1. The quantitative estimate of drug-likeness (QED) is 0.422. The molecule has 0 bridgehead atoms. The second-order valence-corrected chi connectivity index (χ2v) is 10.6. The number of nitrogens with zero attached hydrogens (tertiary/aromatic N) is 3. The van der Waals surface area contributed by atoms with E-state index in [2.05, 4.69) is 18.7 Å². The number of cyclic esters (lactones) is 1. The smallest absolute Gasteiger partial charge is 0.312 e. The van der Waals surface area contributed by atoms with Crippen LogP contribution in [0.15, 0.2) is 48.6 Å². The number of likely N-dealkylation sites (tertiary alicyclic amines) is 1. The molecule has 4 aliphatic heterocycles. The lowest BCUT2D eigenvalue weighted by atomic mass is 9.78. The number of rotatable bonds is 7. The number of allylic oxidation sites excluding steroid dienone is 1. The molecule has 210 valence electrons. The molecule has 9 heteroatoms. The van der Waals surface area contributed by atoms with Crippen LogP contribution < -0.4 is 9.80 Å². The van der Waals surface area contributed by atoms with E-state index in [1.165, 1.54) is 4.90 Å². The van der Waals surface area contributed by atoms with Crippen LogP contribution in [-0.4, -0.2) is 84.4 Å². The molecule has 4 aliphatic rings. The minimum atomic E-state index is -1.34. The Kier molecular flexibility index (Phi) is 7.82. The fraction of sp³-hybridized carbons (Fsp3) is 0.567. The van der Waals surface area contributed by atoms with E-state index in [0.717, 1.165) is 25.2 Å². The topological polar surface area (TPSA) is 99.6 Å². The summed E-state index contributed by atoms with van der Waals surface area (Å²) in [6.07, 6.45) is 8.68. The molecule has 1 aromatic carbocycles. The number of hydrogen-bond acceptors (Lipinski definition) is 7. The van der Waals surface area contributed by atoms with Crippen molar-refractivity contribution >= 4 is 29.2 Å². The van der Waals surface area contributed by atoms with Crippen molar-refractivity contribution in [1.82, 2.24) is 4.90 Å². The Morgan fingerprint density at radius 2 is 1.82 bits per heavy atom. The van der Waals surface area contributed by atoms with E-state index in [9.17, 15) is 19.5 Å². The lowest BCUT2D eigenvalue weighted by Crippen LogP contribution is -2.58. The normalized spacial score (nSPS) is 31.8. The average molecular weight is 538 g/mol. The third-order valence-corrected chi connectivity index (χ3v) is 8.65. The summed E-state index contributed by atoms with van der Waals surface area (Å²) in [6.45, 7) is 8.10. The van der Waals surface area contributed by atoms with Crippen LogP contribution in [0, 0.1) is 11.8 Å². The van der Waals surface area contributed by atoms with Gasteiger partial charge in [0.25, 0.3) is 5.91 Å². The van der Waals surface area contributed by atoms with Crippen LogP contribution >= 0.6 is 0 Å². The zero-order chi connectivity index (χ0) is 27.7. The van der Waals surface area contributed by atoms with Gasteiger partial charge in [-0.3, -0.25) is 14.4 Å². The summed E-state index contributed by atoms with van der Waals surface area (Å²) < 4.78 is 12.2. The molecule has 1 N–H and O–H groups in total. The number of esters is 1. The van der Waals surface area contributed by atoms with E-state index >= 15 is 0 Å². The van der Waals surface area contributed by atoms with E-state index in [0.29, 0.717) is 25.1 Å². The van der Waals surface area contributed by atoms with Crippen LogP contribution in [0.25, 0.3) is 0 Å². The van der Waals surface area contributed by atoms with Crippen LogP contribution in [0.4, 0.5) is 11.4 Å². The van der Waals surface area contributed by atoms with Crippen molar-refractivity contribution in [2.75, 3.05) is 42.6 Å². The molecular formula is C30H39N3O6. The maximum atomic E-state index is 14.5. The highest BCUT2D eigenvalue weighted by Crippen LogP contribution is 2.54. The van der Waals surface area contributed by atoms with Crippen LogP contribution in [-0.2, 0) is 23.9 Å². The minimum Gasteiger partial charge on any atom is -0.465 e. The first-order valence-electron chi connectivity index (χ1n) is 14.2. The second-order valence-electron chi connectivity index (χ2n) is 10.6. The molecule has 2 amide bonds. The third-order valence-electron chi connectivity index (χ3n) is 8.65. The van der Waals surface area contributed by atoms with Crippen molar-refractivity contribution in [3.63, 3.8) is 0 Å². The molecule has 9 nitrogen and oxygen atoms in total. The van der Waals surface area contributed by atoms with E-state index < -0.39 is 41.6 Å². The van der Waals surface area contributed by atoms with E-state index in [-0.39, 0.29) is 25.0 Å². The zero-order valence-corrected chi connectivity index (χ0v) is 23.0. The molecule has 0 aliphatic carbocycles. The van der Waals surface area contributed by atoms with Gasteiger partial charge in [-0.15, -0.1) is 0 Å².